The van der Waals surface area contributed by atoms with Crippen LogP contribution in [0.5, 0.6) is 0 Å². The molecule has 1 atom stereocenters. The molecule has 0 aliphatic rings. The van der Waals surface area contributed by atoms with Gasteiger partial charge in [-0.1, -0.05) is 42.5 Å². The minimum absolute atomic E-state index is 0.308. The number of rotatable bonds is 5. The molecule has 1 aromatic rings. The van der Waals surface area contributed by atoms with Crippen molar-refractivity contribution in [3.8, 4) is 0 Å². The molecule has 15 heavy (non-hydrogen) atoms. The Morgan fingerprint density at radius 2 is 2.13 bits per heavy atom. The lowest BCUT2D eigenvalue weighted by Gasteiger charge is -2.04. The van der Waals surface area contributed by atoms with Crippen LogP contribution in [0.3, 0.4) is 0 Å². The van der Waals surface area contributed by atoms with Crippen molar-refractivity contribution in [3.05, 3.63) is 42.0 Å². The fourth-order valence-electron chi connectivity index (χ4n) is 1.02. The fourth-order valence-corrected chi connectivity index (χ4v) is 1.02. The number of ether oxygens (including phenoxy) is 1. The second-order valence-corrected chi connectivity index (χ2v) is 3.13. The summed E-state index contributed by atoms with van der Waals surface area (Å²) >= 11 is 0. The predicted octanol–water partition coefficient (Wildman–Crippen LogP) is 2.19. The average molecular weight is 206 g/mol. The van der Waals surface area contributed by atoms with Crippen molar-refractivity contribution in [2.75, 3.05) is 6.61 Å². The fraction of sp³-hybridized carbons (Fsp3) is 0.250. The molecule has 0 heterocycles. The molecule has 1 aromatic carbocycles. The molecule has 0 radical (unpaired) electrons. The van der Waals surface area contributed by atoms with E-state index in [-0.39, 0.29) is 0 Å². The van der Waals surface area contributed by atoms with Crippen molar-refractivity contribution in [2.24, 2.45) is 0 Å². The van der Waals surface area contributed by atoms with Crippen LogP contribution in [0.15, 0.2) is 36.4 Å². The minimum Gasteiger partial charge on any atom is -0.479 e. The number of hydrogen-bond donors (Lipinski definition) is 1. The van der Waals surface area contributed by atoms with Crippen LogP contribution in [0.4, 0.5) is 0 Å². The minimum atomic E-state index is -0.942. The summed E-state index contributed by atoms with van der Waals surface area (Å²) in [6.45, 7) is 1.82. The van der Waals surface area contributed by atoms with Gasteiger partial charge in [0.05, 0.1) is 6.61 Å². The monoisotopic (exact) mass is 206 g/mol. The Hall–Kier alpha value is -1.61. The number of benzene rings is 1. The number of carboxylic acids is 1. The molecular formula is C12H14O3. The van der Waals surface area contributed by atoms with Gasteiger partial charge in [0, 0.05) is 0 Å². The maximum absolute atomic E-state index is 10.4. The molecule has 3 heteroatoms. The maximum atomic E-state index is 10.4. The van der Waals surface area contributed by atoms with E-state index in [0.717, 1.165) is 5.56 Å². The first-order valence-electron chi connectivity index (χ1n) is 4.76. The third-order valence-corrected chi connectivity index (χ3v) is 1.90. The Balaban J connectivity index is 2.32. The van der Waals surface area contributed by atoms with Gasteiger partial charge in [0.2, 0.25) is 0 Å². The highest BCUT2D eigenvalue weighted by Gasteiger charge is 2.08. The molecule has 0 unspecified atom stereocenters. The standard InChI is InChI=1S/C12H14O3/c1-10(12(13)14)15-9-5-8-11-6-3-2-4-7-11/h2-8,10H,9H2,1H3,(H,13,14)/b8-5+/t10-/m0/s1. The summed E-state index contributed by atoms with van der Waals surface area (Å²) in [6, 6.07) is 9.77. The van der Waals surface area contributed by atoms with Gasteiger partial charge < -0.3 is 9.84 Å². The van der Waals surface area contributed by atoms with Crippen molar-refractivity contribution < 1.29 is 14.6 Å². The molecule has 80 valence electrons. The van der Waals surface area contributed by atoms with Gasteiger partial charge in [-0.3, -0.25) is 0 Å². The summed E-state index contributed by atoms with van der Waals surface area (Å²) in [5.41, 5.74) is 1.07. The molecule has 0 fully saturated rings. The third kappa shape index (κ3) is 4.42. The first-order valence-corrected chi connectivity index (χ1v) is 4.76. The Morgan fingerprint density at radius 3 is 2.73 bits per heavy atom. The van der Waals surface area contributed by atoms with Gasteiger partial charge in [-0.05, 0) is 12.5 Å². The molecule has 0 amide bonds. The summed E-state index contributed by atoms with van der Waals surface area (Å²) in [5.74, 6) is -0.942. The highest BCUT2D eigenvalue weighted by atomic mass is 16.5. The molecule has 1 rings (SSSR count). The zero-order valence-corrected chi connectivity index (χ0v) is 8.59. The second-order valence-electron chi connectivity index (χ2n) is 3.13. The van der Waals surface area contributed by atoms with Crippen molar-refractivity contribution in [2.45, 2.75) is 13.0 Å². The van der Waals surface area contributed by atoms with E-state index in [2.05, 4.69) is 0 Å². The van der Waals surface area contributed by atoms with E-state index >= 15 is 0 Å². The Labute approximate surface area is 89.0 Å². The molecule has 1 N–H and O–H groups in total. The van der Waals surface area contributed by atoms with E-state index < -0.39 is 12.1 Å². The SMILES string of the molecule is C[C@H](OC/C=C/c1ccccc1)C(=O)O. The van der Waals surface area contributed by atoms with Gasteiger partial charge in [0.15, 0.2) is 6.10 Å². The normalized spacial score (nSPS) is 12.9. The van der Waals surface area contributed by atoms with Crippen molar-refractivity contribution in [1.82, 2.24) is 0 Å². The van der Waals surface area contributed by atoms with Crippen LogP contribution < -0.4 is 0 Å². The van der Waals surface area contributed by atoms with Crippen LogP contribution in [0.2, 0.25) is 0 Å². The van der Waals surface area contributed by atoms with Gasteiger partial charge in [-0.2, -0.15) is 0 Å². The first-order chi connectivity index (χ1) is 7.20. The average Bonchev–Trinajstić information content (AvgIpc) is 2.25. The number of carboxylic acid groups (broad SMARTS) is 1. The molecule has 0 bridgehead atoms. The van der Waals surface area contributed by atoms with E-state index in [4.69, 9.17) is 9.84 Å². The molecular weight excluding hydrogens is 192 g/mol. The lowest BCUT2D eigenvalue weighted by atomic mass is 10.2. The van der Waals surface area contributed by atoms with Crippen LogP contribution in [0.25, 0.3) is 6.08 Å². The second kappa shape index (κ2) is 5.98. The molecule has 0 aromatic heterocycles. The van der Waals surface area contributed by atoms with Gasteiger partial charge in [0.1, 0.15) is 0 Å². The van der Waals surface area contributed by atoms with E-state index in [1.54, 1.807) is 6.08 Å². The van der Waals surface area contributed by atoms with E-state index in [1.165, 1.54) is 6.92 Å². The lowest BCUT2D eigenvalue weighted by Crippen LogP contribution is -2.19. The third-order valence-electron chi connectivity index (χ3n) is 1.90. The Bertz CT molecular complexity index is 330. The summed E-state index contributed by atoms with van der Waals surface area (Å²) in [6.07, 6.45) is 2.94. The van der Waals surface area contributed by atoms with Crippen LogP contribution in [0, 0.1) is 0 Å². The molecule has 0 saturated carbocycles. The largest absolute Gasteiger partial charge is 0.479 e. The summed E-state index contributed by atoms with van der Waals surface area (Å²) in [4.78, 5) is 10.4. The molecule has 0 aliphatic carbocycles. The van der Waals surface area contributed by atoms with Gasteiger partial charge in [-0.25, -0.2) is 4.79 Å². The van der Waals surface area contributed by atoms with Crippen molar-refractivity contribution >= 4 is 12.0 Å². The summed E-state index contributed by atoms with van der Waals surface area (Å²) in [7, 11) is 0. The summed E-state index contributed by atoms with van der Waals surface area (Å²) in [5, 5.41) is 8.55. The molecule has 0 spiro atoms. The van der Waals surface area contributed by atoms with Gasteiger partial charge >= 0.3 is 5.97 Å². The van der Waals surface area contributed by atoms with Crippen LogP contribution in [-0.4, -0.2) is 23.8 Å². The number of carbonyl (C=O) groups is 1. The smallest absolute Gasteiger partial charge is 0.332 e. The van der Waals surface area contributed by atoms with E-state index in [9.17, 15) is 4.79 Å². The number of hydrogen-bond acceptors (Lipinski definition) is 2. The van der Waals surface area contributed by atoms with Crippen LogP contribution >= 0.6 is 0 Å². The maximum Gasteiger partial charge on any atom is 0.332 e. The first kappa shape index (κ1) is 11.5. The molecule has 3 nitrogen and oxygen atoms in total. The van der Waals surface area contributed by atoms with Crippen molar-refractivity contribution in [1.29, 1.82) is 0 Å². The lowest BCUT2D eigenvalue weighted by molar-refractivity contribution is -0.148. The zero-order valence-electron chi connectivity index (χ0n) is 8.59. The highest BCUT2D eigenvalue weighted by Crippen LogP contribution is 2.01. The van der Waals surface area contributed by atoms with Gasteiger partial charge in [0.25, 0.3) is 0 Å². The van der Waals surface area contributed by atoms with Crippen LogP contribution in [0.1, 0.15) is 12.5 Å². The summed E-state index contributed by atoms with van der Waals surface area (Å²) < 4.78 is 5.04. The Kier molecular flexibility index (Phi) is 4.57. The molecule has 0 aliphatic heterocycles. The Morgan fingerprint density at radius 1 is 1.47 bits per heavy atom. The van der Waals surface area contributed by atoms with E-state index in [1.807, 2.05) is 36.4 Å². The highest BCUT2D eigenvalue weighted by molar-refractivity contribution is 5.71. The van der Waals surface area contributed by atoms with Gasteiger partial charge in [-0.15, -0.1) is 0 Å². The van der Waals surface area contributed by atoms with Crippen LogP contribution in [-0.2, 0) is 9.53 Å². The van der Waals surface area contributed by atoms with Crippen molar-refractivity contribution in [3.63, 3.8) is 0 Å². The van der Waals surface area contributed by atoms with E-state index in [0.29, 0.717) is 6.61 Å². The number of aliphatic carboxylic acids is 1. The molecule has 0 saturated heterocycles. The predicted molar refractivity (Wildman–Crippen MR) is 58.5 cm³/mol. The zero-order chi connectivity index (χ0) is 11.1. The topological polar surface area (TPSA) is 46.5 Å². The quantitative estimate of drug-likeness (QED) is 0.803.